The van der Waals surface area contributed by atoms with Crippen LogP contribution in [0.25, 0.3) is 0 Å². The highest BCUT2D eigenvalue weighted by molar-refractivity contribution is 6.03. The number of nitrogens with zero attached hydrogens (tertiary/aromatic N) is 3. The van der Waals surface area contributed by atoms with Crippen LogP contribution in [-0.4, -0.2) is 27.6 Å². The Kier molecular flexibility index (Phi) is 4.89. The van der Waals surface area contributed by atoms with Gasteiger partial charge < -0.3 is 19.9 Å². The van der Waals surface area contributed by atoms with E-state index in [9.17, 15) is 4.79 Å². The van der Waals surface area contributed by atoms with E-state index in [1.165, 1.54) is 12.4 Å². The van der Waals surface area contributed by atoms with Crippen molar-refractivity contribution in [2.45, 2.75) is 13.8 Å². The van der Waals surface area contributed by atoms with Crippen molar-refractivity contribution in [3.8, 4) is 5.75 Å². The van der Waals surface area contributed by atoms with Gasteiger partial charge in [0.05, 0.1) is 12.2 Å². The average Bonchev–Trinajstić information content (AvgIpc) is 3.02. The van der Waals surface area contributed by atoms with Crippen LogP contribution in [0.5, 0.6) is 5.75 Å². The fourth-order valence-electron chi connectivity index (χ4n) is 2.05. The van der Waals surface area contributed by atoms with Gasteiger partial charge in [-0.1, -0.05) is 5.16 Å². The summed E-state index contributed by atoms with van der Waals surface area (Å²) in [6, 6.07) is 9.06. The monoisotopic (exact) mass is 339 g/mol. The van der Waals surface area contributed by atoms with Gasteiger partial charge in [0.25, 0.3) is 5.91 Å². The Morgan fingerprint density at radius 1 is 1.20 bits per heavy atom. The third-order valence-corrected chi connectivity index (χ3v) is 3.21. The molecule has 0 radical (unpaired) electrons. The summed E-state index contributed by atoms with van der Waals surface area (Å²) in [6.45, 7) is 4.29. The molecular formula is C17H17N5O3. The standard InChI is InChI=1S/C17H17N5O3/c1-3-24-14-6-4-13(5-7-14)20-17-18-9-12(10-19-17)16(23)21-15-8-11(2)25-22-15/h4-10H,3H2,1-2H3,(H,18,19,20)(H,21,22,23). The average molecular weight is 339 g/mol. The molecule has 0 aliphatic carbocycles. The molecule has 0 saturated heterocycles. The van der Waals surface area contributed by atoms with Gasteiger partial charge in [-0.05, 0) is 38.1 Å². The first-order valence-electron chi connectivity index (χ1n) is 7.70. The highest BCUT2D eigenvalue weighted by atomic mass is 16.5. The molecule has 2 heterocycles. The van der Waals surface area contributed by atoms with E-state index in [4.69, 9.17) is 9.26 Å². The van der Waals surface area contributed by atoms with Gasteiger partial charge in [-0.25, -0.2) is 9.97 Å². The molecule has 0 bridgehead atoms. The first-order chi connectivity index (χ1) is 12.1. The maximum atomic E-state index is 12.1. The first kappa shape index (κ1) is 16.4. The molecule has 3 rings (SSSR count). The number of benzene rings is 1. The van der Waals surface area contributed by atoms with Gasteiger partial charge in [-0.3, -0.25) is 4.79 Å². The summed E-state index contributed by atoms with van der Waals surface area (Å²) in [4.78, 5) is 20.4. The maximum absolute atomic E-state index is 12.1. The van der Waals surface area contributed by atoms with Gasteiger partial charge in [-0.2, -0.15) is 0 Å². The Morgan fingerprint density at radius 3 is 2.52 bits per heavy atom. The molecule has 128 valence electrons. The molecule has 8 nitrogen and oxygen atoms in total. The summed E-state index contributed by atoms with van der Waals surface area (Å²) in [6.07, 6.45) is 2.87. The molecule has 2 N–H and O–H groups in total. The zero-order valence-electron chi connectivity index (χ0n) is 13.8. The van der Waals surface area contributed by atoms with E-state index in [1.807, 2.05) is 31.2 Å². The minimum Gasteiger partial charge on any atom is -0.494 e. The minimum atomic E-state index is -0.360. The number of rotatable bonds is 6. The number of anilines is 3. The summed E-state index contributed by atoms with van der Waals surface area (Å²) < 4.78 is 10.3. The number of ether oxygens (including phenoxy) is 1. The normalized spacial score (nSPS) is 10.3. The van der Waals surface area contributed by atoms with Gasteiger partial charge in [-0.15, -0.1) is 0 Å². The van der Waals surface area contributed by atoms with Gasteiger partial charge in [0.2, 0.25) is 5.95 Å². The number of nitrogens with one attached hydrogen (secondary N) is 2. The zero-order valence-corrected chi connectivity index (χ0v) is 13.8. The van der Waals surface area contributed by atoms with Crippen molar-refractivity contribution >= 4 is 23.4 Å². The Labute approximate surface area is 144 Å². The molecule has 25 heavy (non-hydrogen) atoms. The molecular weight excluding hydrogens is 322 g/mol. The van der Waals surface area contributed by atoms with Crippen LogP contribution in [0, 0.1) is 6.92 Å². The molecule has 1 aromatic carbocycles. The summed E-state index contributed by atoms with van der Waals surface area (Å²) in [7, 11) is 0. The lowest BCUT2D eigenvalue weighted by atomic mass is 10.3. The van der Waals surface area contributed by atoms with Gasteiger partial charge in [0, 0.05) is 24.1 Å². The zero-order chi connectivity index (χ0) is 17.6. The predicted octanol–water partition coefficient (Wildman–Crippen LogP) is 3.17. The van der Waals surface area contributed by atoms with Crippen molar-refractivity contribution in [2.75, 3.05) is 17.2 Å². The molecule has 0 aliphatic rings. The smallest absolute Gasteiger partial charge is 0.260 e. The summed E-state index contributed by atoms with van der Waals surface area (Å²) in [5, 5.41) is 9.37. The lowest BCUT2D eigenvalue weighted by Crippen LogP contribution is -2.13. The van der Waals surface area contributed by atoms with E-state index in [1.54, 1.807) is 13.0 Å². The number of hydrogen-bond donors (Lipinski definition) is 2. The number of carbonyl (C=O) groups is 1. The minimum absolute atomic E-state index is 0.317. The van der Waals surface area contributed by atoms with Crippen molar-refractivity contribution in [1.29, 1.82) is 0 Å². The fraction of sp³-hybridized carbons (Fsp3) is 0.176. The van der Waals surface area contributed by atoms with E-state index in [-0.39, 0.29) is 5.91 Å². The summed E-state index contributed by atoms with van der Waals surface area (Å²) >= 11 is 0. The first-order valence-corrected chi connectivity index (χ1v) is 7.70. The number of amides is 1. The third-order valence-electron chi connectivity index (χ3n) is 3.21. The van der Waals surface area contributed by atoms with Crippen LogP contribution < -0.4 is 15.4 Å². The van der Waals surface area contributed by atoms with Gasteiger partial charge >= 0.3 is 0 Å². The second-order valence-electron chi connectivity index (χ2n) is 5.15. The van der Waals surface area contributed by atoms with Crippen molar-refractivity contribution < 1.29 is 14.1 Å². The molecule has 0 atom stereocenters. The van der Waals surface area contributed by atoms with Crippen LogP contribution in [0.4, 0.5) is 17.5 Å². The lowest BCUT2D eigenvalue weighted by Gasteiger charge is -2.07. The van der Waals surface area contributed by atoms with Crippen LogP contribution in [0.15, 0.2) is 47.2 Å². The third kappa shape index (κ3) is 4.31. The van der Waals surface area contributed by atoms with E-state index in [0.29, 0.717) is 29.7 Å². The molecule has 1 amide bonds. The molecule has 2 aromatic heterocycles. The van der Waals surface area contributed by atoms with Crippen LogP contribution >= 0.6 is 0 Å². The molecule has 0 spiro atoms. The molecule has 0 saturated carbocycles. The second-order valence-corrected chi connectivity index (χ2v) is 5.15. The van der Waals surface area contributed by atoms with Crippen LogP contribution in [0.3, 0.4) is 0 Å². The topological polar surface area (TPSA) is 102 Å². The van der Waals surface area contributed by atoms with Crippen LogP contribution in [0.2, 0.25) is 0 Å². The Morgan fingerprint density at radius 2 is 1.92 bits per heavy atom. The van der Waals surface area contributed by atoms with Crippen molar-refractivity contribution in [1.82, 2.24) is 15.1 Å². The number of hydrogen-bond acceptors (Lipinski definition) is 7. The SMILES string of the molecule is CCOc1ccc(Nc2ncc(C(=O)Nc3cc(C)on3)cn2)cc1. The second kappa shape index (κ2) is 7.43. The van der Waals surface area contributed by atoms with E-state index >= 15 is 0 Å². The van der Waals surface area contributed by atoms with Gasteiger partial charge in [0.1, 0.15) is 11.5 Å². The molecule has 0 fully saturated rings. The molecule has 0 unspecified atom stereocenters. The summed E-state index contributed by atoms with van der Waals surface area (Å²) in [5.74, 6) is 1.78. The highest BCUT2D eigenvalue weighted by Crippen LogP contribution is 2.18. The Hall–Kier alpha value is -3.42. The van der Waals surface area contributed by atoms with Crippen molar-refractivity contribution in [3.63, 3.8) is 0 Å². The number of aromatic nitrogens is 3. The van der Waals surface area contributed by atoms with E-state index in [0.717, 1.165) is 11.4 Å². The molecule has 8 heteroatoms. The number of aryl methyl sites for hydroxylation is 1. The quantitative estimate of drug-likeness (QED) is 0.711. The molecule has 0 aliphatic heterocycles. The van der Waals surface area contributed by atoms with Crippen LogP contribution in [0.1, 0.15) is 23.0 Å². The maximum Gasteiger partial charge on any atom is 0.260 e. The Balaban J connectivity index is 1.62. The Bertz CT molecular complexity index is 843. The van der Waals surface area contributed by atoms with Gasteiger partial charge in [0.15, 0.2) is 5.82 Å². The largest absolute Gasteiger partial charge is 0.494 e. The predicted molar refractivity (Wildman–Crippen MR) is 92.1 cm³/mol. The molecule has 3 aromatic rings. The van der Waals surface area contributed by atoms with E-state index < -0.39 is 0 Å². The number of carbonyl (C=O) groups excluding carboxylic acids is 1. The summed E-state index contributed by atoms with van der Waals surface area (Å²) in [5.41, 5.74) is 1.14. The fourth-order valence-corrected chi connectivity index (χ4v) is 2.05. The van der Waals surface area contributed by atoms with E-state index in [2.05, 4.69) is 25.8 Å². The lowest BCUT2D eigenvalue weighted by molar-refractivity contribution is 0.102. The van der Waals surface area contributed by atoms with Crippen LogP contribution in [-0.2, 0) is 0 Å². The van der Waals surface area contributed by atoms with Crippen molar-refractivity contribution in [2.24, 2.45) is 0 Å². The van der Waals surface area contributed by atoms with Crippen molar-refractivity contribution in [3.05, 3.63) is 54.0 Å². The highest BCUT2D eigenvalue weighted by Gasteiger charge is 2.10.